The van der Waals surface area contributed by atoms with Gasteiger partial charge in [0.2, 0.25) is 16.0 Å². The van der Waals surface area contributed by atoms with Crippen molar-refractivity contribution in [2.45, 2.75) is 27.7 Å². The highest BCUT2D eigenvalue weighted by Gasteiger charge is 2.24. The van der Waals surface area contributed by atoms with E-state index >= 15 is 0 Å². The molecule has 0 atom stereocenters. The minimum atomic E-state index is -3.46. The van der Waals surface area contributed by atoms with Crippen LogP contribution in [-0.2, 0) is 10.0 Å². The van der Waals surface area contributed by atoms with Crippen molar-refractivity contribution in [3.63, 3.8) is 0 Å². The predicted octanol–water partition coefficient (Wildman–Crippen LogP) is 4.91. The fourth-order valence-corrected chi connectivity index (χ4v) is 4.38. The SMILES string of the molecule is COc1c(C)c(-c2cnc(N(C)S(C)(=O)=O)nc2)c(OC)c(C)c1-c1ccc(NCC(C)C)cc1. The third-order valence-corrected chi connectivity index (χ3v) is 7.05. The lowest BCUT2D eigenvalue weighted by molar-refractivity contribution is 0.401. The van der Waals surface area contributed by atoms with Gasteiger partial charge in [-0.3, -0.25) is 0 Å². The van der Waals surface area contributed by atoms with E-state index in [1.54, 1.807) is 26.6 Å². The minimum Gasteiger partial charge on any atom is -0.496 e. The van der Waals surface area contributed by atoms with Gasteiger partial charge >= 0.3 is 0 Å². The van der Waals surface area contributed by atoms with Crippen molar-refractivity contribution >= 4 is 21.7 Å². The normalized spacial score (nSPS) is 11.5. The van der Waals surface area contributed by atoms with Gasteiger partial charge in [-0.05, 0) is 37.5 Å². The maximum absolute atomic E-state index is 11.8. The summed E-state index contributed by atoms with van der Waals surface area (Å²) >= 11 is 0. The first-order chi connectivity index (χ1) is 16.5. The lowest BCUT2D eigenvalue weighted by Gasteiger charge is -2.23. The van der Waals surface area contributed by atoms with Gasteiger partial charge < -0.3 is 14.8 Å². The van der Waals surface area contributed by atoms with Crippen molar-refractivity contribution in [1.29, 1.82) is 0 Å². The first-order valence-corrected chi connectivity index (χ1v) is 13.2. The van der Waals surface area contributed by atoms with Crippen LogP contribution in [0.5, 0.6) is 11.5 Å². The second-order valence-corrected chi connectivity index (χ2v) is 10.9. The van der Waals surface area contributed by atoms with E-state index in [4.69, 9.17) is 9.47 Å². The van der Waals surface area contributed by atoms with Crippen LogP contribution in [0.15, 0.2) is 36.7 Å². The molecule has 0 spiro atoms. The average Bonchev–Trinajstić information content (AvgIpc) is 2.83. The molecular weight excluding hydrogens is 464 g/mol. The summed E-state index contributed by atoms with van der Waals surface area (Å²) in [6.45, 7) is 9.22. The molecule has 1 heterocycles. The summed E-state index contributed by atoms with van der Waals surface area (Å²) in [5.74, 6) is 2.08. The Balaban J connectivity index is 2.11. The molecule has 2 aromatic carbocycles. The average molecular weight is 499 g/mol. The van der Waals surface area contributed by atoms with Crippen LogP contribution in [0.4, 0.5) is 11.6 Å². The summed E-state index contributed by atoms with van der Waals surface area (Å²) in [4.78, 5) is 8.55. The fourth-order valence-electron chi connectivity index (χ4n) is 3.99. The maximum atomic E-state index is 11.8. The molecular formula is C26H34N4O4S. The Bertz CT molecular complexity index is 1290. The summed E-state index contributed by atoms with van der Waals surface area (Å²) in [5, 5.41) is 3.44. The Morgan fingerprint density at radius 2 is 1.40 bits per heavy atom. The summed E-state index contributed by atoms with van der Waals surface area (Å²) in [7, 11) is 1.24. The van der Waals surface area contributed by atoms with E-state index in [9.17, 15) is 8.42 Å². The highest BCUT2D eigenvalue weighted by atomic mass is 32.2. The van der Waals surface area contributed by atoms with Crippen LogP contribution in [-0.4, -0.2) is 52.5 Å². The predicted molar refractivity (Wildman–Crippen MR) is 142 cm³/mol. The van der Waals surface area contributed by atoms with Gasteiger partial charge in [0.05, 0.1) is 20.5 Å². The molecule has 0 saturated carbocycles. The first-order valence-electron chi connectivity index (χ1n) is 11.3. The largest absolute Gasteiger partial charge is 0.496 e. The van der Waals surface area contributed by atoms with Crippen molar-refractivity contribution in [3.05, 3.63) is 47.8 Å². The summed E-state index contributed by atoms with van der Waals surface area (Å²) in [6.07, 6.45) is 4.31. The van der Waals surface area contributed by atoms with E-state index in [2.05, 4.69) is 53.4 Å². The van der Waals surface area contributed by atoms with Crippen molar-refractivity contribution in [2.24, 2.45) is 5.92 Å². The van der Waals surface area contributed by atoms with Gasteiger partial charge in [0.25, 0.3) is 0 Å². The number of methoxy groups -OCH3 is 2. The molecule has 1 N–H and O–H groups in total. The van der Waals surface area contributed by atoms with E-state index in [-0.39, 0.29) is 5.95 Å². The van der Waals surface area contributed by atoms with Crippen molar-refractivity contribution in [3.8, 4) is 33.8 Å². The van der Waals surface area contributed by atoms with Crippen LogP contribution in [0, 0.1) is 19.8 Å². The third kappa shape index (κ3) is 5.51. The molecule has 0 aliphatic rings. The van der Waals surface area contributed by atoms with Gasteiger partial charge in [-0.2, -0.15) is 0 Å². The van der Waals surface area contributed by atoms with Gasteiger partial charge in [0.1, 0.15) is 11.5 Å². The summed E-state index contributed by atoms with van der Waals surface area (Å²) in [5.41, 5.74) is 6.33. The number of sulfonamides is 1. The number of aromatic nitrogens is 2. The molecule has 0 unspecified atom stereocenters. The highest BCUT2D eigenvalue weighted by molar-refractivity contribution is 7.92. The van der Waals surface area contributed by atoms with E-state index in [1.807, 2.05) is 13.8 Å². The molecule has 9 heteroatoms. The molecule has 0 aliphatic carbocycles. The number of ether oxygens (including phenoxy) is 2. The van der Waals surface area contributed by atoms with Crippen LogP contribution in [0.2, 0.25) is 0 Å². The van der Waals surface area contributed by atoms with Crippen LogP contribution < -0.4 is 19.1 Å². The second-order valence-electron chi connectivity index (χ2n) is 8.92. The number of hydrogen-bond donors (Lipinski definition) is 1. The van der Waals surface area contributed by atoms with Crippen molar-refractivity contribution in [1.82, 2.24) is 9.97 Å². The van der Waals surface area contributed by atoms with Crippen LogP contribution in [0.1, 0.15) is 25.0 Å². The van der Waals surface area contributed by atoms with E-state index in [0.29, 0.717) is 17.2 Å². The van der Waals surface area contributed by atoms with Crippen molar-refractivity contribution in [2.75, 3.05) is 43.7 Å². The number of hydrogen-bond acceptors (Lipinski definition) is 7. The second kappa shape index (κ2) is 10.5. The quantitative estimate of drug-likeness (QED) is 0.448. The topological polar surface area (TPSA) is 93.7 Å². The fraction of sp³-hybridized carbons (Fsp3) is 0.385. The number of anilines is 2. The van der Waals surface area contributed by atoms with Gasteiger partial charge in [-0.25, -0.2) is 22.7 Å². The number of nitrogens with zero attached hydrogens (tertiary/aromatic N) is 3. The molecule has 35 heavy (non-hydrogen) atoms. The van der Waals surface area contributed by atoms with Gasteiger partial charge in [-0.15, -0.1) is 0 Å². The van der Waals surface area contributed by atoms with E-state index in [1.165, 1.54) is 7.05 Å². The monoisotopic (exact) mass is 498 g/mol. The standard InChI is InChI=1S/C26H34N4O4S/c1-16(2)13-27-21-11-9-19(10-12-21)22-17(3)25(34-7)23(18(4)24(22)33-6)20-14-28-26(29-15-20)30(5)35(8,31)32/h9-12,14-16,27H,13H2,1-8H3. The smallest absolute Gasteiger partial charge is 0.238 e. The van der Waals surface area contributed by atoms with E-state index < -0.39 is 10.0 Å². The van der Waals surface area contributed by atoms with Crippen LogP contribution in [0.3, 0.4) is 0 Å². The lowest BCUT2D eigenvalue weighted by atomic mass is 9.90. The van der Waals surface area contributed by atoms with Gasteiger partial charge in [-0.1, -0.05) is 26.0 Å². The molecule has 8 nitrogen and oxygen atoms in total. The number of benzene rings is 2. The molecule has 0 aliphatic heterocycles. The zero-order valence-corrected chi connectivity index (χ0v) is 22.4. The molecule has 0 radical (unpaired) electrons. The Kier molecular flexibility index (Phi) is 7.90. The third-order valence-electron chi connectivity index (χ3n) is 5.89. The Labute approximate surface area is 208 Å². The zero-order valence-electron chi connectivity index (χ0n) is 21.6. The molecule has 0 saturated heterocycles. The molecule has 0 bridgehead atoms. The number of rotatable bonds is 9. The molecule has 0 fully saturated rings. The Hall–Kier alpha value is -3.33. The summed E-state index contributed by atoms with van der Waals surface area (Å²) in [6, 6.07) is 8.28. The molecule has 1 aromatic heterocycles. The highest BCUT2D eigenvalue weighted by Crippen LogP contribution is 2.47. The minimum absolute atomic E-state index is 0.0966. The summed E-state index contributed by atoms with van der Waals surface area (Å²) < 4.78 is 36.5. The van der Waals surface area contributed by atoms with Gasteiger partial charge in [0.15, 0.2) is 0 Å². The Morgan fingerprint density at radius 1 is 0.914 bits per heavy atom. The van der Waals surface area contributed by atoms with Crippen LogP contribution in [0.25, 0.3) is 22.3 Å². The zero-order chi connectivity index (χ0) is 25.9. The van der Waals surface area contributed by atoms with Crippen molar-refractivity contribution < 1.29 is 17.9 Å². The first kappa shape index (κ1) is 26.3. The lowest BCUT2D eigenvalue weighted by Crippen LogP contribution is -2.26. The van der Waals surface area contributed by atoms with Crippen LogP contribution >= 0.6 is 0 Å². The Morgan fingerprint density at radius 3 is 1.83 bits per heavy atom. The molecule has 188 valence electrons. The maximum Gasteiger partial charge on any atom is 0.238 e. The molecule has 3 rings (SSSR count). The van der Waals surface area contributed by atoms with E-state index in [0.717, 1.165) is 56.4 Å². The number of nitrogens with one attached hydrogen (secondary N) is 1. The molecule has 3 aromatic rings. The van der Waals surface area contributed by atoms with Gasteiger partial charge in [0, 0.05) is 59.5 Å². The molecule has 0 amide bonds.